The van der Waals surface area contributed by atoms with E-state index in [-0.39, 0.29) is 42.0 Å². The maximum Gasteiger partial charge on any atom is 0.416 e. The highest BCUT2D eigenvalue weighted by atomic mass is 19.4. The summed E-state index contributed by atoms with van der Waals surface area (Å²) >= 11 is 0. The lowest BCUT2D eigenvalue weighted by Crippen LogP contribution is -2.59. The smallest absolute Gasteiger partial charge is 0.416 e. The van der Waals surface area contributed by atoms with Crippen molar-refractivity contribution in [3.8, 4) is 5.75 Å². The lowest BCUT2D eigenvalue weighted by atomic mass is 9.77. The minimum Gasteiger partial charge on any atom is -0.494 e. The van der Waals surface area contributed by atoms with E-state index in [0.29, 0.717) is 16.7 Å². The van der Waals surface area contributed by atoms with Gasteiger partial charge in [0.2, 0.25) is 0 Å². The van der Waals surface area contributed by atoms with Crippen molar-refractivity contribution >= 4 is 17.2 Å². The Hall–Kier alpha value is -4.10. The molecule has 1 aliphatic heterocycles. The molecule has 1 aromatic heterocycles. The molecule has 0 fully saturated rings. The number of nitrogens with zero attached hydrogens (tertiary/aromatic N) is 3. The van der Waals surface area contributed by atoms with Crippen LogP contribution in [0, 0.1) is 6.92 Å². The van der Waals surface area contributed by atoms with Gasteiger partial charge in [-0.25, -0.2) is 9.89 Å². The molecule has 0 radical (unpaired) electrons. The lowest BCUT2D eigenvalue weighted by Gasteiger charge is -2.41. The van der Waals surface area contributed by atoms with E-state index < -0.39 is 42.3 Å². The highest BCUT2D eigenvalue weighted by molar-refractivity contribution is 6.23. The van der Waals surface area contributed by atoms with Crippen LogP contribution in [-0.2, 0) is 10.3 Å². The maximum absolute atomic E-state index is 14.8. The third kappa shape index (κ3) is 6.20. The number of amides is 1. The van der Waals surface area contributed by atoms with Crippen LogP contribution in [0.2, 0.25) is 0 Å². The van der Waals surface area contributed by atoms with Crippen LogP contribution in [0.5, 0.6) is 5.75 Å². The van der Waals surface area contributed by atoms with E-state index in [9.17, 15) is 35.9 Å². The van der Waals surface area contributed by atoms with Crippen molar-refractivity contribution in [3.05, 3.63) is 75.7 Å². The predicted molar refractivity (Wildman–Crippen MR) is 132 cm³/mol. The van der Waals surface area contributed by atoms with Gasteiger partial charge >= 0.3 is 18.0 Å². The number of rotatable bonds is 9. The molecule has 0 saturated carbocycles. The van der Waals surface area contributed by atoms with Crippen LogP contribution >= 0.6 is 0 Å². The number of halogens is 6. The summed E-state index contributed by atoms with van der Waals surface area (Å²) in [6.07, 6.45) is -10.2. The first kappa shape index (κ1) is 28.9. The van der Waals surface area contributed by atoms with Crippen LogP contribution in [-0.4, -0.2) is 45.1 Å². The SMILES string of the molecule is Cc1ccc(C2=C(n3nn[nH]c3=O)C(=O)NC(c3ccc(OCCCCCC(F)(F)F)cc3)(C(F)(F)F)C2)cc1. The van der Waals surface area contributed by atoms with Gasteiger partial charge in [-0.15, -0.1) is 0 Å². The second-order valence-electron chi connectivity index (χ2n) is 9.44. The highest BCUT2D eigenvalue weighted by Crippen LogP contribution is 2.49. The van der Waals surface area contributed by atoms with Crippen molar-refractivity contribution in [2.45, 2.75) is 56.9 Å². The minimum absolute atomic E-state index is 0.0428. The highest BCUT2D eigenvalue weighted by Gasteiger charge is 2.60. The summed E-state index contributed by atoms with van der Waals surface area (Å²) in [4.78, 5) is 25.5. The molecule has 0 aliphatic carbocycles. The molecule has 0 bridgehead atoms. The number of nitrogens with one attached hydrogen (secondary N) is 2. The molecule has 1 aliphatic rings. The molecule has 1 atom stereocenters. The molecule has 2 heterocycles. The van der Waals surface area contributed by atoms with Gasteiger partial charge in [-0.05, 0) is 65.4 Å². The van der Waals surface area contributed by atoms with E-state index in [1.165, 1.54) is 24.3 Å². The van der Waals surface area contributed by atoms with E-state index in [2.05, 4.69) is 15.7 Å². The molecule has 214 valence electrons. The van der Waals surface area contributed by atoms with E-state index in [1.54, 1.807) is 31.2 Å². The monoisotopic (exact) mass is 569 g/mol. The quantitative estimate of drug-likeness (QED) is 0.275. The summed E-state index contributed by atoms with van der Waals surface area (Å²) in [5, 5.41) is 11.0. The summed E-state index contributed by atoms with van der Waals surface area (Å²) in [5.41, 5.74) is -3.33. The largest absolute Gasteiger partial charge is 0.494 e. The number of benzene rings is 2. The second-order valence-corrected chi connectivity index (χ2v) is 9.44. The van der Waals surface area contributed by atoms with Crippen molar-refractivity contribution in [2.24, 2.45) is 0 Å². The molecule has 3 aromatic rings. The summed E-state index contributed by atoms with van der Waals surface area (Å²) in [6, 6.07) is 11.4. The number of aromatic amines is 1. The van der Waals surface area contributed by atoms with Crippen LogP contribution in [0.15, 0.2) is 53.3 Å². The molecule has 14 heteroatoms. The summed E-state index contributed by atoms with van der Waals surface area (Å²) in [7, 11) is 0. The third-order valence-corrected chi connectivity index (χ3v) is 6.56. The van der Waals surface area contributed by atoms with E-state index in [0.717, 1.165) is 5.56 Å². The zero-order chi connectivity index (χ0) is 29.1. The zero-order valence-corrected chi connectivity index (χ0v) is 21.2. The Morgan fingerprint density at radius 1 is 0.950 bits per heavy atom. The average Bonchev–Trinajstić information content (AvgIpc) is 3.30. The number of H-pyrrole nitrogens is 1. The van der Waals surface area contributed by atoms with Crippen LogP contribution in [0.25, 0.3) is 11.3 Å². The Morgan fingerprint density at radius 3 is 2.20 bits per heavy atom. The standard InChI is InChI=1S/C26H25F6N5O3/c1-16-5-7-17(8-6-16)20-15-24(26(30,31)32,33-22(38)21(20)37-23(39)34-35-36-37)18-9-11-19(12-10-18)40-14-4-2-3-13-25(27,28)29/h5-12H,2-4,13-15H2,1H3,(H,33,38)(H,34,36,39). The van der Waals surface area contributed by atoms with Crippen molar-refractivity contribution in [1.82, 2.24) is 25.5 Å². The number of aromatic nitrogens is 4. The van der Waals surface area contributed by atoms with Gasteiger partial charge in [0.05, 0.1) is 6.61 Å². The van der Waals surface area contributed by atoms with Crippen LogP contribution in [0.1, 0.15) is 48.8 Å². The fraction of sp³-hybridized carbons (Fsp3) is 0.385. The van der Waals surface area contributed by atoms with Gasteiger partial charge in [-0.2, -0.15) is 31.0 Å². The lowest BCUT2D eigenvalue weighted by molar-refractivity contribution is -0.201. The van der Waals surface area contributed by atoms with Crippen molar-refractivity contribution < 1.29 is 35.9 Å². The topological polar surface area (TPSA) is 102 Å². The van der Waals surface area contributed by atoms with E-state index in [1.807, 2.05) is 5.10 Å². The first-order valence-corrected chi connectivity index (χ1v) is 12.3. The predicted octanol–water partition coefficient (Wildman–Crippen LogP) is 5.12. The number of unbranched alkanes of at least 4 members (excludes halogenated alkanes) is 2. The number of hydrogen-bond donors (Lipinski definition) is 2. The molecular formula is C26H25F6N5O3. The van der Waals surface area contributed by atoms with Gasteiger partial charge in [-0.1, -0.05) is 42.0 Å². The second kappa shape index (κ2) is 11.2. The fourth-order valence-corrected chi connectivity index (χ4v) is 4.48. The van der Waals surface area contributed by atoms with E-state index >= 15 is 0 Å². The van der Waals surface area contributed by atoms with Gasteiger partial charge in [-0.3, -0.25) is 4.79 Å². The Bertz CT molecular complexity index is 1420. The molecule has 1 amide bonds. The molecule has 2 N–H and O–H groups in total. The molecule has 1 unspecified atom stereocenters. The number of ether oxygens (including phenoxy) is 1. The van der Waals surface area contributed by atoms with Crippen molar-refractivity contribution in [2.75, 3.05) is 6.61 Å². The molecule has 0 spiro atoms. The Balaban J connectivity index is 1.64. The Kier molecular flexibility index (Phi) is 8.08. The zero-order valence-electron chi connectivity index (χ0n) is 21.2. The first-order valence-electron chi connectivity index (χ1n) is 12.3. The third-order valence-electron chi connectivity index (χ3n) is 6.56. The minimum atomic E-state index is -4.96. The number of carbonyl (C=O) groups excluding carboxylic acids is 1. The van der Waals surface area contributed by atoms with Crippen LogP contribution in [0.4, 0.5) is 26.3 Å². The molecular weight excluding hydrogens is 544 g/mol. The average molecular weight is 570 g/mol. The Labute approximate surface area is 224 Å². The summed E-state index contributed by atoms with van der Waals surface area (Å²) in [6.45, 7) is 1.88. The fourth-order valence-electron chi connectivity index (χ4n) is 4.48. The summed E-state index contributed by atoms with van der Waals surface area (Å²) < 4.78 is 87.3. The Morgan fingerprint density at radius 2 is 1.62 bits per heavy atom. The van der Waals surface area contributed by atoms with Gasteiger partial charge in [0.25, 0.3) is 5.91 Å². The molecule has 0 saturated heterocycles. The van der Waals surface area contributed by atoms with Crippen LogP contribution < -0.4 is 15.7 Å². The molecule has 4 rings (SSSR count). The summed E-state index contributed by atoms with van der Waals surface area (Å²) in [5.74, 6) is -0.947. The number of alkyl halides is 6. The first-order chi connectivity index (χ1) is 18.8. The number of aryl methyl sites for hydroxylation is 1. The molecule has 8 nitrogen and oxygen atoms in total. The van der Waals surface area contributed by atoms with Gasteiger partial charge < -0.3 is 10.1 Å². The molecule has 40 heavy (non-hydrogen) atoms. The van der Waals surface area contributed by atoms with E-state index in [4.69, 9.17) is 4.74 Å². The molecule has 2 aromatic carbocycles. The van der Waals surface area contributed by atoms with Gasteiger partial charge in [0.15, 0.2) is 5.54 Å². The van der Waals surface area contributed by atoms with Crippen molar-refractivity contribution in [1.29, 1.82) is 0 Å². The normalized spacial score (nSPS) is 18.1. The van der Waals surface area contributed by atoms with Crippen molar-refractivity contribution in [3.63, 3.8) is 0 Å². The number of tetrazole rings is 1. The number of hydrogen-bond acceptors (Lipinski definition) is 5. The maximum atomic E-state index is 14.8. The van der Waals surface area contributed by atoms with Gasteiger partial charge in [0, 0.05) is 12.8 Å². The number of carbonyl (C=O) groups is 1. The van der Waals surface area contributed by atoms with Crippen LogP contribution in [0.3, 0.4) is 0 Å². The van der Waals surface area contributed by atoms with Gasteiger partial charge in [0.1, 0.15) is 11.4 Å².